The monoisotopic (exact) mass is 705 g/mol. The van der Waals surface area contributed by atoms with Gasteiger partial charge in [-0.3, -0.25) is 14.5 Å². The summed E-state index contributed by atoms with van der Waals surface area (Å²) < 4.78 is 7.41. The molecule has 1 aromatic heterocycles. The van der Waals surface area contributed by atoms with Gasteiger partial charge < -0.3 is 9.64 Å². The Bertz CT molecular complexity index is 1610. The van der Waals surface area contributed by atoms with Gasteiger partial charge in [0.15, 0.2) is 0 Å². The quantitative estimate of drug-likeness (QED) is 0.0865. The van der Waals surface area contributed by atoms with Crippen LogP contribution >= 0.6 is 23.2 Å². The zero-order chi connectivity index (χ0) is 34.7. The second-order valence-corrected chi connectivity index (χ2v) is 13.5. The molecule has 0 N–H and O–H groups in total. The molecule has 3 aromatic rings. The van der Waals surface area contributed by atoms with E-state index in [-0.39, 0.29) is 11.5 Å². The Morgan fingerprint density at radius 1 is 0.796 bits per heavy atom. The van der Waals surface area contributed by atoms with Crippen molar-refractivity contribution < 1.29 is 9.53 Å². The smallest absolute Gasteiger partial charge is 0.257 e. The molecule has 1 aliphatic rings. The number of ether oxygens (including phenoxy) is 1. The van der Waals surface area contributed by atoms with Crippen LogP contribution in [0, 0.1) is 0 Å². The molecule has 0 unspecified atom stereocenters. The maximum absolute atomic E-state index is 13.2. The molecule has 1 fully saturated rings. The van der Waals surface area contributed by atoms with E-state index in [1.165, 1.54) is 10.6 Å². The van der Waals surface area contributed by atoms with Crippen LogP contribution in [0.1, 0.15) is 88.8 Å². The van der Waals surface area contributed by atoms with Crippen LogP contribution in [0.2, 0.25) is 10.0 Å². The molecule has 0 saturated carbocycles. The number of unbranched alkanes of at least 4 members (excludes halogenated alkanes) is 6. The third-order valence-corrected chi connectivity index (χ3v) is 9.75. The van der Waals surface area contributed by atoms with E-state index in [1.54, 1.807) is 6.07 Å². The van der Waals surface area contributed by atoms with Crippen molar-refractivity contribution >= 4 is 45.7 Å². The minimum absolute atomic E-state index is 0.147. The Hall–Kier alpha value is -3.32. The molecule has 6 nitrogen and oxygen atoms in total. The summed E-state index contributed by atoms with van der Waals surface area (Å²) in [5.74, 6) is 0.535. The molecule has 2 aromatic carbocycles. The van der Waals surface area contributed by atoms with Gasteiger partial charge in [0.05, 0.1) is 27.9 Å². The number of carbonyl (C=O) groups is 1. The SMILES string of the molecule is CCC=CCC=CCC=CCCCCCCCC(=O)n1c(=O)ccc2ccc(OCCCCN3CCN(c4cccc(Cl)c4Cl)CC3)cc21. The number of hydrogen-bond acceptors (Lipinski definition) is 5. The number of nitrogens with zero attached hydrogens (tertiary/aromatic N) is 3. The molecule has 0 spiro atoms. The van der Waals surface area contributed by atoms with Gasteiger partial charge in [-0.05, 0) is 93.6 Å². The van der Waals surface area contributed by atoms with Crippen molar-refractivity contribution in [2.24, 2.45) is 0 Å². The molecule has 2 heterocycles. The second kappa shape index (κ2) is 21.7. The lowest BCUT2D eigenvalue weighted by Gasteiger charge is -2.36. The van der Waals surface area contributed by atoms with E-state index in [0.717, 1.165) is 114 Å². The fraction of sp³-hybridized carbons (Fsp3) is 0.463. The number of fused-ring (bicyclic) bond motifs is 1. The van der Waals surface area contributed by atoms with Gasteiger partial charge in [0.1, 0.15) is 5.75 Å². The summed E-state index contributed by atoms with van der Waals surface area (Å²) in [5.41, 5.74) is 1.34. The van der Waals surface area contributed by atoms with Crippen LogP contribution in [-0.2, 0) is 0 Å². The number of pyridine rings is 1. The first-order chi connectivity index (χ1) is 24.0. The summed E-state index contributed by atoms with van der Waals surface area (Å²) in [5, 5.41) is 2.07. The van der Waals surface area contributed by atoms with Gasteiger partial charge in [-0.1, -0.05) is 91.9 Å². The van der Waals surface area contributed by atoms with Gasteiger partial charge in [0.2, 0.25) is 5.91 Å². The van der Waals surface area contributed by atoms with Crippen molar-refractivity contribution in [1.82, 2.24) is 9.47 Å². The Labute approximate surface area is 303 Å². The zero-order valence-corrected chi connectivity index (χ0v) is 30.6. The Morgan fingerprint density at radius 3 is 2.31 bits per heavy atom. The van der Waals surface area contributed by atoms with Gasteiger partial charge in [0, 0.05) is 44.7 Å². The third-order valence-electron chi connectivity index (χ3n) is 8.94. The number of anilines is 1. The first kappa shape index (κ1) is 38.5. The van der Waals surface area contributed by atoms with Crippen molar-refractivity contribution in [3.05, 3.63) is 105 Å². The van der Waals surface area contributed by atoms with E-state index in [9.17, 15) is 9.59 Å². The highest BCUT2D eigenvalue weighted by Crippen LogP contribution is 2.33. The molecule has 0 aliphatic carbocycles. The normalized spacial score (nSPS) is 14.2. The highest BCUT2D eigenvalue weighted by atomic mass is 35.5. The van der Waals surface area contributed by atoms with Crippen LogP contribution in [0.3, 0.4) is 0 Å². The van der Waals surface area contributed by atoms with Crippen molar-refractivity contribution in [2.75, 3.05) is 44.2 Å². The minimum Gasteiger partial charge on any atom is -0.494 e. The van der Waals surface area contributed by atoms with Crippen LogP contribution < -0.4 is 15.2 Å². The maximum atomic E-state index is 13.2. The number of hydrogen-bond donors (Lipinski definition) is 0. The van der Waals surface area contributed by atoms with E-state index < -0.39 is 0 Å². The number of carbonyl (C=O) groups excluding carboxylic acids is 1. The fourth-order valence-electron chi connectivity index (χ4n) is 6.14. The number of rotatable bonds is 20. The number of aromatic nitrogens is 1. The average Bonchev–Trinajstić information content (AvgIpc) is 3.11. The number of halogens is 2. The Morgan fingerprint density at radius 2 is 1.51 bits per heavy atom. The van der Waals surface area contributed by atoms with E-state index >= 15 is 0 Å². The summed E-state index contributed by atoms with van der Waals surface area (Å²) >= 11 is 12.6. The lowest BCUT2D eigenvalue weighted by molar-refractivity contribution is 0.0900. The van der Waals surface area contributed by atoms with Gasteiger partial charge in [-0.25, -0.2) is 4.57 Å². The first-order valence-corrected chi connectivity index (χ1v) is 18.9. The summed E-state index contributed by atoms with van der Waals surface area (Å²) in [6.07, 6.45) is 25.0. The molecule has 1 aliphatic heterocycles. The topological polar surface area (TPSA) is 54.8 Å². The molecule has 8 heteroatoms. The van der Waals surface area contributed by atoms with E-state index in [0.29, 0.717) is 34.3 Å². The predicted octanol–water partition coefficient (Wildman–Crippen LogP) is 10.5. The second-order valence-electron chi connectivity index (χ2n) is 12.7. The van der Waals surface area contributed by atoms with Gasteiger partial charge in [-0.15, -0.1) is 0 Å². The number of allylic oxidation sites excluding steroid dienone is 6. The minimum atomic E-state index is -0.286. The largest absolute Gasteiger partial charge is 0.494 e. The van der Waals surface area contributed by atoms with E-state index in [1.807, 2.05) is 36.4 Å². The molecule has 0 radical (unpaired) electrons. The maximum Gasteiger partial charge on any atom is 0.257 e. The summed E-state index contributed by atoms with van der Waals surface area (Å²) in [7, 11) is 0. The zero-order valence-electron chi connectivity index (χ0n) is 29.1. The van der Waals surface area contributed by atoms with Crippen LogP contribution in [0.25, 0.3) is 10.9 Å². The Kier molecular flexibility index (Phi) is 17.0. The van der Waals surface area contributed by atoms with Crippen molar-refractivity contribution in [3.8, 4) is 5.75 Å². The van der Waals surface area contributed by atoms with Crippen molar-refractivity contribution in [1.29, 1.82) is 0 Å². The van der Waals surface area contributed by atoms with Gasteiger partial charge >= 0.3 is 0 Å². The summed E-state index contributed by atoms with van der Waals surface area (Å²) in [6.45, 7) is 7.54. The van der Waals surface area contributed by atoms with Crippen LogP contribution in [0.5, 0.6) is 5.75 Å². The molecule has 264 valence electrons. The number of piperazine rings is 1. The predicted molar refractivity (Wildman–Crippen MR) is 208 cm³/mol. The lowest BCUT2D eigenvalue weighted by atomic mass is 10.1. The van der Waals surface area contributed by atoms with E-state index in [2.05, 4.69) is 53.2 Å². The lowest BCUT2D eigenvalue weighted by Crippen LogP contribution is -2.46. The summed E-state index contributed by atoms with van der Waals surface area (Å²) in [4.78, 5) is 30.8. The average molecular weight is 707 g/mol. The number of benzene rings is 2. The molecular formula is C41H53Cl2N3O3. The van der Waals surface area contributed by atoms with Gasteiger partial charge in [0.25, 0.3) is 5.56 Å². The highest BCUT2D eigenvalue weighted by Gasteiger charge is 2.19. The Balaban J connectivity index is 1.13. The van der Waals surface area contributed by atoms with Gasteiger partial charge in [-0.2, -0.15) is 0 Å². The molecule has 49 heavy (non-hydrogen) atoms. The summed E-state index contributed by atoms with van der Waals surface area (Å²) in [6, 6.07) is 14.7. The third kappa shape index (κ3) is 12.8. The van der Waals surface area contributed by atoms with E-state index in [4.69, 9.17) is 27.9 Å². The standard InChI is InChI=1S/C41H53Cl2N3O3/c1-2-3-4-5-6-7-8-9-10-11-12-13-14-15-16-22-39(47)46-38-33-35(25-23-34(38)24-26-40(46)48)49-32-18-17-27-44-28-30-45(31-29-44)37-21-19-20-36(42)41(37)43/h3-4,6-7,9-10,19-21,23-26,33H,2,5,8,11-18,22,27-32H2,1H3. The van der Waals surface area contributed by atoms with Crippen LogP contribution in [-0.4, -0.2) is 54.7 Å². The van der Waals surface area contributed by atoms with Crippen molar-refractivity contribution in [3.63, 3.8) is 0 Å². The molecular weight excluding hydrogens is 653 g/mol. The fourth-order valence-corrected chi connectivity index (χ4v) is 6.56. The molecule has 1 saturated heterocycles. The molecule has 0 bridgehead atoms. The highest BCUT2D eigenvalue weighted by molar-refractivity contribution is 6.43. The molecule has 0 atom stereocenters. The first-order valence-electron chi connectivity index (χ1n) is 18.2. The van der Waals surface area contributed by atoms with Crippen LogP contribution in [0.15, 0.2) is 89.8 Å². The van der Waals surface area contributed by atoms with Crippen molar-refractivity contribution in [2.45, 2.75) is 84.0 Å². The molecule has 0 amide bonds. The van der Waals surface area contributed by atoms with Crippen LogP contribution in [0.4, 0.5) is 5.69 Å². The molecule has 4 rings (SSSR count).